The van der Waals surface area contributed by atoms with Crippen LogP contribution in [-0.2, 0) is 0 Å². The maximum Gasteiger partial charge on any atom is 0.148 e. The van der Waals surface area contributed by atoms with Crippen LogP contribution in [0.4, 0.5) is 0 Å². The number of para-hydroxylation sites is 1. The quantitative estimate of drug-likeness (QED) is 0.903. The number of nitrogens with zero attached hydrogens (tertiary/aromatic N) is 1. The van der Waals surface area contributed by atoms with Gasteiger partial charge < -0.3 is 10.5 Å². The molecule has 2 unspecified atom stereocenters. The molecular weight excluding hydrogens is 292 g/mol. The van der Waals surface area contributed by atoms with Crippen LogP contribution >= 0.6 is 22.9 Å². The van der Waals surface area contributed by atoms with Crippen molar-refractivity contribution in [2.24, 2.45) is 5.73 Å². The van der Waals surface area contributed by atoms with Crippen molar-refractivity contribution in [1.29, 1.82) is 5.26 Å². The third-order valence-electron chi connectivity index (χ3n) is 3.00. The highest BCUT2D eigenvalue weighted by Crippen LogP contribution is 2.33. The average Bonchev–Trinajstić information content (AvgIpc) is 2.90. The maximum atomic E-state index is 9.12. The Morgan fingerprint density at radius 1 is 1.35 bits per heavy atom. The molecule has 1 aromatic carbocycles. The summed E-state index contributed by atoms with van der Waals surface area (Å²) in [5, 5.41) is 9.12. The second-order valence-corrected chi connectivity index (χ2v) is 6.11. The maximum absolute atomic E-state index is 9.12. The predicted molar refractivity (Wildman–Crippen MR) is 82.1 cm³/mol. The average molecular weight is 307 g/mol. The zero-order valence-corrected chi connectivity index (χ0v) is 12.6. The SMILES string of the molecule is CCC(N)C(Oc1ccccc1C#N)c1ccc(Cl)s1. The zero-order valence-electron chi connectivity index (χ0n) is 11.0. The first-order valence-corrected chi connectivity index (χ1v) is 7.51. The van der Waals surface area contributed by atoms with Crippen molar-refractivity contribution in [1.82, 2.24) is 0 Å². The van der Waals surface area contributed by atoms with Crippen molar-refractivity contribution in [2.75, 3.05) is 0 Å². The number of halogens is 1. The fourth-order valence-electron chi connectivity index (χ4n) is 1.85. The van der Waals surface area contributed by atoms with Gasteiger partial charge in [0.25, 0.3) is 0 Å². The molecule has 0 saturated carbocycles. The lowest BCUT2D eigenvalue weighted by molar-refractivity contribution is 0.174. The number of rotatable bonds is 5. The Morgan fingerprint density at radius 3 is 2.70 bits per heavy atom. The number of hydrogen-bond acceptors (Lipinski definition) is 4. The van der Waals surface area contributed by atoms with Crippen LogP contribution in [0.25, 0.3) is 0 Å². The third kappa shape index (κ3) is 3.31. The lowest BCUT2D eigenvalue weighted by atomic mass is 10.1. The van der Waals surface area contributed by atoms with E-state index in [1.54, 1.807) is 12.1 Å². The molecule has 0 bridgehead atoms. The number of ether oxygens (including phenoxy) is 1. The highest BCUT2D eigenvalue weighted by molar-refractivity contribution is 7.16. The molecule has 20 heavy (non-hydrogen) atoms. The van der Waals surface area contributed by atoms with Crippen LogP contribution < -0.4 is 10.5 Å². The highest BCUT2D eigenvalue weighted by Gasteiger charge is 2.23. The first kappa shape index (κ1) is 14.9. The summed E-state index contributed by atoms with van der Waals surface area (Å²) in [5.74, 6) is 0.549. The molecule has 1 aromatic heterocycles. The molecule has 0 spiro atoms. The Balaban J connectivity index is 2.31. The van der Waals surface area contributed by atoms with E-state index in [1.165, 1.54) is 11.3 Å². The Hall–Kier alpha value is -1.54. The van der Waals surface area contributed by atoms with Gasteiger partial charge in [0.1, 0.15) is 17.9 Å². The fraction of sp³-hybridized carbons (Fsp3) is 0.267. The van der Waals surface area contributed by atoms with Crippen molar-refractivity contribution >= 4 is 22.9 Å². The minimum absolute atomic E-state index is 0.156. The number of nitrogens with two attached hydrogens (primary N) is 1. The molecule has 104 valence electrons. The summed E-state index contributed by atoms with van der Waals surface area (Å²) >= 11 is 7.43. The molecule has 0 amide bonds. The Labute approximate surface area is 127 Å². The summed E-state index contributed by atoms with van der Waals surface area (Å²) in [6.07, 6.45) is 0.474. The minimum Gasteiger partial charge on any atom is -0.482 e. The first-order chi connectivity index (χ1) is 9.65. The van der Waals surface area contributed by atoms with Crippen LogP contribution in [0.1, 0.15) is 29.9 Å². The van der Waals surface area contributed by atoms with Crippen molar-refractivity contribution in [2.45, 2.75) is 25.5 Å². The Bertz CT molecular complexity index is 620. The summed E-state index contributed by atoms with van der Waals surface area (Å²) < 4.78 is 6.69. The Morgan fingerprint density at radius 2 is 2.10 bits per heavy atom. The van der Waals surface area contributed by atoms with E-state index in [2.05, 4.69) is 6.07 Å². The van der Waals surface area contributed by atoms with Gasteiger partial charge in [0.15, 0.2) is 0 Å². The van der Waals surface area contributed by atoms with Crippen molar-refractivity contribution in [3.05, 3.63) is 51.2 Å². The summed E-state index contributed by atoms with van der Waals surface area (Å²) in [7, 11) is 0. The van der Waals surface area contributed by atoms with E-state index in [0.717, 1.165) is 11.3 Å². The highest BCUT2D eigenvalue weighted by atomic mass is 35.5. The van der Waals surface area contributed by atoms with Crippen LogP contribution in [0, 0.1) is 11.3 Å². The molecular formula is C15H15ClN2OS. The topological polar surface area (TPSA) is 59.0 Å². The van der Waals surface area contributed by atoms with Gasteiger partial charge >= 0.3 is 0 Å². The summed E-state index contributed by atoms with van der Waals surface area (Å²) in [5.41, 5.74) is 6.66. The van der Waals surface area contributed by atoms with E-state index < -0.39 is 0 Å². The normalized spacial score (nSPS) is 13.5. The summed E-state index contributed by atoms with van der Waals surface area (Å²) in [6, 6.07) is 12.9. The second-order valence-electron chi connectivity index (χ2n) is 4.36. The van der Waals surface area contributed by atoms with Gasteiger partial charge in [-0.2, -0.15) is 5.26 Å². The Kier molecular flexibility index (Phi) is 5.02. The van der Waals surface area contributed by atoms with E-state index >= 15 is 0 Å². The molecule has 5 heteroatoms. The van der Waals surface area contributed by atoms with Gasteiger partial charge in [0.2, 0.25) is 0 Å². The van der Waals surface area contributed by atoms with Gasteiger partial charge in [0, 0.05) is 10.9 Å². The third-order valence-corrected chi connectivity index (χ3v) is 4.29. The predicted octanol–water partition coefficient (Wildman–Crippen LogP) is 4.13. The van der Waals surface area contributed by atoms with Crippen LogP contribution in [0.5, 0.6) is 5.75 Å². The van der Waals surface area contributed by atoms with Crippen molar-refractivity contribution < 1.29 is 4.74 Å². The van der Waals surface area contributed by atoms with E-state index in [1.807, 2.05) is 31.2 Å². The van der Waals surface area contributed by atoms with Gasteiger partial charge in [-0.15, -0.1) is 11.3 Å². The summed E-state index contributed by atoms with van der Waals surface area (Å²) in [4.78, 5) is 0.970. The number of nitriles is 1. The zero-order chi connectivity index (χ0) is 14.5. The molecule has 0 radical (unpaired) electrons. The van der Waals surface area contributed by atoms with Crippen LogP contribution in [-0.4, -0.2) is 6.04 Å². The molecule has 2 N–H and O–H groups in total. The smallest absolute Gasteiger partial charge is 0.148 e. The second kappa shape index (κ2) is 6.76. The van der Waals surface area contributed by atoms with Gasteiger partial charge in [0.05, 0.1) is 9.90 Å². The number of thiophene rings is 1. The minimum atomic E-state index is -0.299. The van der Waals surface area contributed by atoms with E-state index in [9.17, 15) is 0 Å². The molecule has 0 fully saturated rings. The first-order valence-electron chi connectivity index (χ1n) is 6.32. The molecule has 0 saturated heterocycles. The number of benzene rings is 1. The molecule has 0 aliphatic carbocycles. The lowest BCUT2D eigenvalue weighted by Gasteiger charge is -2.23. The van der Waals surface area contributed by atoms with Crippen LogP contribution in [0.15, 0.2) is 36.4 Å². The molecule has 0 aliphatic rings. The van der Waals surface area contributed by atoms with Gasteiger partial charge in [-0.3, -0.25) is 0 Å². The molecule has 2 atom stereocenters. The van der Waals surface area contributed by atoms with E-state index in [4.69, 9.17) is 27.3 Å². The number of hydrogen-bond donors (Lipinski definition) is 1. The van der Waals surface area contributed by atoms with Crippen LogP contribution in [0.2, 0.25) is 4.34 Å². The van der Waals surface area contributed by atoms with Crippen molar-refractivity contribution in [3.63, 3.8) is 0 Å². The molecule has 0 aliphatic heterocycles. The van der Waals surface area contributed by atoms with Gasteiger partial charge in [-0.25, -0.2) is 0 Å². The molecule has 2 aromatic rings. The lowest BCUT2D eigenvalue weighted by Crippen LogP contribution is -2.31. The molecule has 3 nitrogen and oxygen atoms in total. The van der Waals surface area contributed by atoms with Gasteiger partial charge in [-0.05, 0) is 30.7 Å². The standard InChI is InChI=1S/C15H15ClN2OS/c1-2-11(18)15(13-7-8-14(16)20-13)19-12-6-4-3-5-10(12)9-17/h3-8,11,15H,2,18H2,1H3. The van der Waals surface area contributed by atoms with Gasteiger partial charge in [-0.1, -0.05) is 30.7 Å². The van der Waals surface area contributed by atoms with Crippen molar-refractivity contribution in [3.8, 4) is 11.8 Å². The van der Waals surface area contributed by atoms with E-state index in [-0.39, 0.29) is 12.1 Å². The largest absolute Gasteiger partial charge is 0.482 e. The molecule has 1 heterocycles. The van der Waals surface area contributed by atoms with Crippen LogP contribution in [0.3, 0.4) is 0 Å². The molecule has 2 rings (SSSR count). The fourth-order valence-corrected chi connectivity index (χ4v) is 3.02. The van der Waals surface area contributed by atoms with E-state index in [0.29, 0.717) is 15.6 Å². The monoisotopic (exact) mass is 306 g/mol. The summed E-state index contributed by atoms with van der Waals surface area (Å²) in [6.45, 7) is 2.01.